The maximum absolute atomic E-state index is 12.7. The molecule has 0 aliphatic heterocycles. The third kappa shape index (κ3) is 3.51. The summed E-state index contributed by atoms with van der Waals surface area (Å²) in [5.74, 6) is 0.810. The minimum atomic E-state index is 0.0567. The van der Waals surface area contributed by atoms with Crippen molar-refractivity contribution < 1.29 is 4.79 Å². The molecule has 1 N–H and O–H groups in total. The zero-order valence-corrected chi connectivity index (χ0v) is 13.0. The summed E-state index contributed by atoms with van der Waals surface area (Å²) in [5, 5.41) is 4.10. The number of amides is 1. The lowest BCUT2D eigenvalue weighted by atomic mass is 10.1. The maximum Gasteiger partial charge on any atom is 0.254 e. The topological polar surface area (TPSA) is 45.2 Å². The Labute approximate surface area is 126 Å². The Morgan fingerprint density at radius 1 is 1.29 bits per heavy atom. The van der Waals surface area contributed by atoms with Crippen LogP contribution in [0.15, 0.2) is 30.3 Å². The van der Waals surface area contributed by atoms with Gasteiger partial charge >= 0.3 is 0 Å². The molecule has 0 radical (unpaired) electrons. The predicted octanol–water partition coefficient (Wildman–Crippen LogP) is 3.54. The van der Waals surface area contributed by atoms with E-state index < -0.39 is 0 Å². The molecule has 2 aromatic rings. The molecule has 0 aliphatic carbocycles. The van der Waals surface area contributed by atoms with Gasteiger partial charge in [-0.05, 0) is 25.5 Å². The first kappa shape index (κ1) is 15.3. The van der Waals surface area contributed by atoms with Gasteiger partial charge in [-0.15, -0.1) is 0 Å². The van der Waals surface area contributed by atoms with Crippen LogP contribution >= 0.6 is 0 Å². The lowest BCUT2D eigenvalue weighted by Crippen LogP contribution is -2.28. The van der Waals surface area contributed by atoms with Crippen molar-refractivity contribution in [2.45, 2.75) is 26.7 Å². The van der Waals surface area contributed by atoms with Gasteiger partial charge in [0.1, 0.15) is 5.82 Å². The van der Waals surface area contributed by atoms with E-state index in [1.807, 2.05) is 44.3 Å². The molecule has 0 spiro atoms. The molecule has 0 fully saturated rings. The summed E-state index contributed by atoms with van der Waals surface area (Å²) in [6.07, 6.45) is 2.10. The second-order valence-corrected chi connectivity index (χ2v) is 5.18. The lowest BCUT2D eigenvalue weighted by molar-refractivity contribution is 0.0795. The van der Waals surface area contributed by atoms with Crippen molar-refractivity contribution in [3.63, 3.8) is 0 Å². The van der Waals surface area contributed by atoms with Crippen LogP contribution in [-0.4, -0.2) is 35.9 Å². The molecule has 21 heavy (non-hydrogen) atoms. The van der Waals surface area contributed by atoms with E-state index in [-0.39, 0.29) is 5.91 Å². The fourth-order valence-corrected chi connectivity index (χ4v) is 2.33. The Morgan fingerprint density at radius 2 is 2.05 bits per heavy atom. The molecule has 1 aromatic carbocycles. The fourth-order valence-electron chi connectivity index (χ4n) is 2.33. The predicted molar refractivity (Wildman–Crippen MR) is 87.8 cm³/mol. The Bertz CT molecular complexity index is 624. The van der Waals surface area contributed by atoms with Crippen LogP contribution in [0.5, 0.6) is 0 Å². The monoisotopic (exact) mass is 285 g/mol. The van der Waals surface area contributed by atoms with Crippen molar-refractivity contribution in [1.29, 1.82) is 0 Å². The number of anilines is 1. The highest BCUT2D eigenvalue weighted by Crippen LogP contribution is 2.22. The van der Waals surface area contributed by atoms with Crippen molar-refractivity contribution in [3.05, 3.63) is 35.9 Å². The van der Waals surface area contributed by atoms with E-state index in [0.717, 1.165) is 48.2 Å². The van der Waals surface area contributed by atoms with Crippen LogP contribution in [0.1, 0.15) is 37.0 Å². The van der Waals surface area contributed by atoms with Crippen LogP contribution in [0.3, 0.4) is 0 Å². The number of carbonyl (C=O) groups excluding carboxylic acids is 1. The third-order valence-electron chi connectivity index (χ3n) is 3.50. The number of unbranched alkanes of at least 4 members (excludes halogenated alkanes) is 1. The van der Waals surface area contributed by atoms with Gasteiger partial charge in [-0.1, -0.05) is 31.5 Å². The second-order valence-electron chi connectivity index (χ2n) is 5.18. The molecule has 1 heterocycles. The minimum Gasteiger partial charge on any atom is -0.370 e. The third-order valence-corrected chi connectivity index (χ3v) is 3.50. The fraction of sp³-hybridized carbons (Fsp3) is 0.412. The highest BCUT2D eigenvalue weighted by atomic mass is 16.2. The Balaban J connectivity index is 2.42. The van der Waals surface area contributed by atoms with E-state index in [0.29, 0.717) is 0 Å². The van der Waals surface area contributed by atoms with E-state index >= 15 is 0 Å². The lowest BCUT2D eigenvalue weighted by Gasteiger charge is -2.18. The van der Waals surface area contributed by atoms with Crippen LogP contribution in [0.2, 0.25) is 0 Å². The molecule has 112 valence electrons. The first-order valence-electron chi connectivity index (χ1n) is 7.56. The van der Waals surface area contributed by atoms with E-state index in [2.05, 4.69) is 17.2 Å². The van der Waals surface area contributed by atoms with Gasteiger partial charge in [-0.3, -0.25) is 4.79 Å². The maximum atomic E-state index is 12.7. The smallest absolute Gasteiger partial charge is 0.254 e. The number of nitrogens with zero attached hydrogens (tertiary/aromatic N) is 2. The van der Waals surface area contributed by atoms with Crippen LogP contribution in [-0.2, 0) is 0 Å². The quantitative estimate of drug-likeness (QED) is 0.883. The van der Waals surface area contributed by atoms with E-state index in [1.165, 1.54) is 0 Å². The number of nitrogens with one attached hydrogen (secondary N) is 1. The molecular formula is C17H23N3O. The number of benzene rings is 1. The van der Waals surface area contributed by atoms with Gasteiger partial charge in [-0.25, -0.2) is 4.98 Å². The Morgan fingerprint density at radius 3 is 2.76 bits per heavy atom. The minimum absolute atomic E-state index is 0.0567. The van der Waals surface area contributed by atoms with E-state index in [9.17, 15) is 4.79 Å². The summed E-state index contributed by atoms with van der Waals surface area (Å²) in [4.78, 5) is 19.0. The Kier molecular flexibility index (Phi) is 5.14. The van der Waals surface area contributed by atoms with Crippen molar-refractivity contribution in [3.8, 4) is 0 Å². The molecule has 0 saturated carbocycles. The van der Waals surface area contributed by atoms with E-state index in [1.54, 1.807) is 4.90 Å². The summed E-state index contributed by atoms with van der Waals surface area (Å²) in [5.41, 5.74) is 1.57. The van der Waals surface area contributed by atoms with Gasteiger partial charge in [-0.2, -0.15) is 0 Å². The van der Waals surface area contributed by atoms with Gasteiger partial charge in [0.05, 0.1) is 11.1 Å². The largest absolute Gasteiger partial charge is 0.370 e. The summed E-state index contributed by atoms with van der Waals surface area (Å²) in [7, 11) is 1.86. The summed E-state index contributed by atoms with van der Waals surface area (Å²) in [6, 6.07) is 9.65. The standard InChI is InChI=1S/C17H23N3O/c1-4-6-11-20(3)17(21)14-12-16(18-5-2)19-15-10-8-7-9-13(14)15/h7-10,12H,4-6,11H2,1-3H3,(H,18,19). The molecule has 1 amide bonds. The van der Waals surface area contributed by atoms with Crippen LogP contribution in [0.25, 0.3) is 10.9 Å². The van der Waals surface area contributed by atoms with Crippen molar-refractivity contribution in [1.82, 2.24) is 9.88 Å². The number of hydrogen-bond acceptors (Lipinski definition) is 3. The van der Waals surface area contributed by atoms with Gasteiger partial charge in [0.15, 0.2) is 0 Å². The van der Waals surface area contributed by atoms with Gasteiger partial charge < -0.3 is 10.2 Å². The number of hydrogen-bond donors (Lipinski definition) is 1. The highest BCUT2D eigenvalue weighted by molar-refractivity contribution is 6.06. The average molecular weight is 285 g/mol. The van der Waals surface area contributed by atoms with Gasteiger partial charge in [0.2, 0.25) is 0 Å². The average Bonchev–Trinajstić information content (AvgIpc) is 2.51. The normalized spacial score (nSPS) is 10.6. The van der Waals surface area contributed by atoms with Gasteiger partial charge in [0.25, 0.3) is 5.91 Å². The summed E-state index contributed by atoms with van der Waals surface area (Å²) >= 11 is 0. The zero-order valence-electron chi connectivity index (χ0n) is 13.0. The molecule has 0 bridgehead atoms. The number of carbonyl (C=O) groups is 1. The zero-order chi connectivity index (χ0) is 15.2. The molecule has 0 saturated heterocycles. The van der Waals surface area contributed by atoms with Crippen LogP contribution in [0, 0.1) is 0 Å². The van der Waals surface area contributed by atoms with Crippen LogP contribution < -0.4 is 5.32 Å². The molecule has 2 rings (SSSR count). The molecule has 4 heteroatoms. The van der Waals surface area contributed by atoms with Crippen molar-refractivity contribution >= 4 is 22.6 Å². The summed E-state index contributed by atoms with van der Waals surface area (Å²) < 4.78 is 0. The van der Waals surface area contributed by atoms with Crippen LogP contribution in [0.4, 0.5) is 5.82 Å². The summed E-state index contributed by atoms with van der Waals surface area (Å²) in [6.45, 7) is 5.71. The number of fused-ring (bicyclic) bond motifs is 1. The Hall–Kier alpha value is -2.10. The number of rotatable bonds is 6. The van der Waals surface area contributed by atoms with E-state index in [4.69, 9.17) is 0 Å². The molecule has 0 atom stereocenters. The molecule has 0 aliphatic rings. The second kappa shape index (κ2) is 7.07. The first-order valence-corrected chi connectivity index (χ1v) is 7.56. The number of aromatic nitrogens is 1. The number of pyridine rings is 1. The highest BCUT2D eigenvalue weighted by Gasteiger charge is 2.16. The number of para-hydroxylation sites is 1. The molecule has 1 aromatic heterocycles. The molecule has 4 nitrogen and oxygen atoms in total. The molecule has 0 unspecified atom stereocenters. The van der Waals surface area contributed by atoms with Gasteiger partial charge in [0, 0.05) is 25.5 Å². The van der Waals surface area contributed by atoms with Crippen molar-refractivity contribution in [2.75, 3.05) is 25.5 Å². The van der Waals surface area contributed by atoms with Crippen molar-refractivity contribution in [2.24, 2.45) is 0 Å². The SMILES string of the molecule is CCCCN(C)C(=O)c1cc(NCC)nc2ccccc12. The first-order chi connectivity index (χ1) is 10.2. The molecular weight excluding hydrogens is 262 g/mol.